The molecule has 0 bridgehead atoms. The Kier molecular flexibility index (Phi) is 8.97. The number of anilines is 6. The van der Waals surface area contributed by atoms with Gasteiger partial charge >= 0.3 is 0 Å². The van der Waals surface area contributed by atoms with Gasteiger partial charge in [0.2, 0.25) is 0 Å². The highest BCUT2D eigenvalue weighted by Crippen LogP contribution is 2.48. The molecule has 0 radical (unpaired) electrons. The maximum Gasteiger partial charge on any atom is 0.0620 e. The van der Waals surface area contributed by atoms with Crippen molar-refractivity contribution >= 4 is 110 Å². The number of rotatable bonds is 6. The molecule has 4 heteroatoms. The Morgan fingerprint density at radius 1 is 0.243 bits per heavy atom. The lowest BCUT2D eigenvalue weighted by Crippen LogP contribution is -2.12. The summed E-state index contributed by atoms with van der Waals surface area (Å²) in [4.78, 5) is 4.93. The zero-order valence-electron chi connectivity index (χ0n) is 42.5. The normalized spacial score (nSPS) is 12.3. The highest BCUT2D eigenvalue weighted by molar-refractivity contribution is 6.29. The molecule has 0 spiro atoms. The van der Waals surface area contributed by atoms with Crippen LogP contribution in [0.3, 0.4) is 0 Å². The summed E-state index contributed by atoms with van der Waals surface area (Å²) in [5, 5.41) is 10.2. The van der Waals surface area contributed by atoms with E-state index in [-0.39, 0.29) is 0 Å². The predicted molar refractivity (Wildman–Crippen MR) is 302 cm³/mol. The van der Waals surface area contributed by atoms with Gasteiger partial charge in [-0.25, -0.2) is 0 Å². The van der Waals surface area contributed by atoms with Crippen LogP contribution < -0.4 is 9.80 Å². The molecule has 13 rings (SSSR count). The molecule has 0 aliphatic carbocycles. The summed E-state index contributed by atoms with van der Waals surface area (Å²) in [6.07, 6.45) is 0. The summed E-state index contributed by atoms with van der Waals surface area (Å²) in [7, 11) is 0. The number of fused-ring (bicyclic) bond motifs is 12. The fraction of sp³-hybridized carbons (Fsp3) is 0.182. The van der Waals surface area contributed by atoms with E-state index in [9.17, 15) is 0 Å². The van der Waals surface area contributed by atoms with E-state index in [2.05, 4.69) is 235 Å². The third-order valence-corrected chi connectivity index (χ3v) is 16.9. The topological polar surface area (TPSA) is 15.3 Å². The van der Waals surface area contributed by atoms with Gasteiger partial charge in [0.05, 0.1) is 33.1 Å². The minimum absolute atomic E-state index is 1.16. The summed E-state index contributed by atoms with van der Waals surface area (Å²) < 4.78 is 5.08. The van der Waals surface area contributed by atoms with Gasteiger partial charge in [0.15, 0.2) is 0 Å². The Morgan fingerprint density at radius 2 is 0.500 bits per heavy atom. The molecule has 0 unspecified atom stereocenters. The Bertz CT molecular complexity index is 3890. The van der Waals surface area contributed by atoms with Crippen LogP contribution in [0.15, 0.2) is 133 Å². The summed E-state index contributed by atoms with van der Waals surface area (Å²) in [5.74, 6) is 0. The molecule has 0 saturated heterocycles. The standard InChI is InChI=1S/C66H58N4/c1-35-23-49(24-36(2)43(35)9)67(50-25-37(3)44(10)38(4)26-50)47-19-21-61-57(31-47)53-15-13-17-55-59-34-64-60(33-63(59)69(61)65(53)55)56-18-14-16-54-58-32-48(20-22-62(58)70(64)66(54)56)68(51-27-39(5)45(11)40(6)28-51)52-29-41(7)46(12)42(8)30-52/h13-34H,1-12H3. The number of aromatic nitrogens is 2. The van der Waals surface area contributed by atoms with Crippen LogP contribution in [0.1, 0.15) is 66.8 Å². The van der Waals surface area contributed by atoms with Crippen LogP contribution in [0, 0.1) is 83.1 Å². The van der Waals surface area contributed by atoms with E-state index < -0.39 is 0 Å². The van der Waals surface area contributed by atoms with Crippen molar-refractivity contribution in [3.8, 4) is 0 Å². The van der Waals surface area contributed by atoms with E-state index >= 15 is 0 Å². The van der Waals surface area contributed by atoms with Crippen LogP contribution in [0.5, 0.6) is 0 Å². The quantitative estimate of drug-likeness (QED) is 0.165. The van der Waals surface area contributed by atoms with Gasteiger partial charge < -0.3 is 18.6 Å². The first-order valence-electron chi connectivity index (χ1n) is 24.9. The third-order valence-electron chi connectivity index (χ3n) is 16.9. The molecular weight excluding hydrogens is 849 g/mol. The first-order valence-corrected chi connectivity index (χ1v) is 24.9. The van der Waals surface area contributed by atoms with Crippen LogP contribution >= 0.6 is 0 Å². The lowest BCUT2D eigenvalue weighted by Gasteiger charge is -2.28. The van der Waals surface area contributed by atoms with E-state index in [1.807, 2.05) is 0 Å². The van der Waals surface area contributed by atoms with Crippen molar-refractivity contribution in [3.05, 3.63) is 200 Å². The zero-order chi connectivity index (χ0) is 48.3. The van der Waals surface area contributed by atoms with Crippen LogP contribution in [0.4, 0.5) is 34.1 Å². The Labute approximate surface area is 410 Å². The molecule has 0 aliphatic heterocycles. The number of hydrogen-bond acceptors (Lipinski definition) is 2. The fourth-order valence-electron chi connectivity index (χ4n) is 12.2. The molecule has 13 aromatic rings. The zero-order valence-corrected chi connectivity index (χ0v) is 42.5. The van der Waals surface area contributed by atoms with Crippen molar-refractivity contribution in [2.24, 2.45) is 0 Å². The van der Waals surface area contributed by atoms with E-state index in [0.29, 0.717) is 0 Å². The Morgan fingerprint density at radius 3 is 0.771 bits per heavy atom. The van der Waals surface area contributed by atoms with Crippen molar-refractivity contribution in [3.63, 3.8) is 0 Å². The van der Waals surface area contributed by atoms with Crippen molar-refractivity contribution in [1.82, 2.24) is 8.80 Å². The minimum atomic E-state index is 1.16. The van der Waals surface area contributed by atoms with Crippen molar-refractivity contribution in [2.75, 3.05) is 9.80 Å². The molecule has 0 fully saturated rings. The number of nitrogens with zero attached hydrogens (tertiary/aromatic N) is 4. The molecule has 9 aromatic carbocycles. The minimum Gasteiger partial charge on any atom is -0.310 e. The predicted octanol–water partition coefficient (Wildman–Crippen LogP) is 18.6. The van der Waals surface area contributed by atoms with Crippen LogP contribution in [0.25, 0.3) is 76.2 Å². The van der Waals surface area contributed by atoms with Crippen molar-refractivity contribution in [1.29, 1.82) is 0 Å². The van der Waals surface area contributed by atoms with E-state index in [1.54, 1.807) is 0 Å². The van der Waals surface area contributed by atoms with Gasteiger partial charge in [-0.2, -0.15) is 0 Å². The molecule has 0 saturated carbocycles. The number of hydrogen-bond donors (Lipinski definition) is 0. The number of benzene rings is 9. The van der Waals surface area contributed by atoms with Gasteiger partial charge in [-0.15, -0.1) is 0 Å². The molecule has 0 amide bonds. The first-order chi connectivity index (χ1) is 33.7. The third kappa shape index (κ3) is 5.83. The van der Waals surface area contributed by atoms with E-state index in [0.717, 1.165) is 11.4 Å². The summed E-state index contributed by atoms with van der Waals surface area (Å²) in [6.45, 7) is 26.8. The van der Waals surface area contributed by atoms with E-state index in [4.69, 9.17) is 0 Å². The number of para-hydroxylation sites is 2. The molecular formula is C66H58N4. The summed E-state index contributed by atoms with van der Waals surface area (Å²) >= 11 is 0. The van der Waals surface area contributed by atoms with E-state index in [1.165, 1.54) is 166 Å². The highest BCUT2D eigenvalue weighted by atomic mass is 15.1. The second-order valence-corrected chi connectivity index (χ2v) is 20.9. The molecule has 4 nitrogen and oxygen atoms in total. The van der Waals surface area contributed by atoms with Gasteiger partial charge in [0.1, 0.15) is 0 Å². The maximum atomic E-state index is 2.54. The van der Waals surface area contributed by atoms with Gasteiger partial charge in [-0.1, -0.05) is 36.4 Å². The van der Waals surface area contributed by atoms with Gasteiger partial charge in [-0.3, -0.25) is 0 Å². The number of aryl methyl sites for hydroxylation is 8. The Hall–Kier alpha value is -7.82. The van der Waals surface area contributed by atoms with Crippen LogP contribution in [-0.4, -0.2) is 8.80 Å². The van der Waals surface area contributed by atoms with Gasteiger partial charge in [0.25, 0.3) is 0 Å². The first kappa shape index (κ1) is 42.3. The summed E-state index contributed by atoms with van der Waals surface area (Å²) in [5.41, 5.74) is 30.4. The van der Waals surface area contributed by atoms with Crippen molar-refractivity contribution in [2.45, 2.75) is 83.1 Å². The molecule has 0 atom stereocenters. The highest BCUT2D eigenvalue weighted by Gasteiger charge is 2.25. The average molecular weight is 907 g/mol. The van der Waals surface area contributed by atoms with Gasteiger partial charge in [-0.05, 0) is 247 Å². The maximum absolute atomic E-state index is 2.54. The fourth-order valence-corrected chi connectivity index (χ4v) is 12.2. The monoisotopic (exact) mass is 906 g/mol. The SMILES string of the molecule is Cc1cc(N(c2cc(C)c(C)c(C)c2)c2ccc3c(c2)c2cccc4c5cc6c(cc5n3c24)c2cccc3c4cc(N(c5cc(C)c(C)c(C)c5)c5cc(C)c(C)c(C)c5)ccc4n6c32)cc(C)c1C. The van der Waals surface area contributed by atoms with Gasteiger partial charge in [0, 0.05) is 77.2 Å². The molecule has 4 aromatic heterocycles. The molecule has 0 N–H and O–H groups in total. The van der Waals surface area contributed by atoms with Crippen LogP contribution in [-0.2, 0) is 0 Å². The van der Waals surface area contributed by atoms with Crippen LogP contribution in [0.2, 0.25) is 0 Å². The second kappa shape index (κ2) is 14.8. The molecule has 70 heavy (non-hydrogen) atoms. The largest absolute Gasteiger partial charge is 0.310 e. The lowest BCUT2D eigenvalue weighted by atomic mass is 9.99. The molecule has 342 valence electrons. The van der Waals surface area contributed by atoms with Crippen molar-refractivity contribution < 1.29 is 0 Å². The second-order valence-electron chi connectivity index (χ2n) is 20.9. The summed E-state index contributed by atoms with van der Waals surface area (Å²) in [6, 6.07) is 51.9. The average Bonchev–Trinajstić information content (AvgIpc) is 4.06. The smallest absolute Gasteiger partial charge is 0.0620 e. The Balaban J connectivity index is 1.02. The molecule has 4 heterocycles. The lowest BCUT2D eigenvalue weighted by molar-refractivity contribution is 1.19. The molecule has 0 aliphatic rings.